The SMILES string of the molecule is CCN(CC)c1ccn([C@@H]2O[C@H](CO)[C@@H](O)[C@H]2O)c(=O)n1. The maximum absolute atomic E-state index is 12.1. The van der Waals surface area contributed by atoms with Gasteiger partial charge >= 0.3 is 5.69 Å². The molecule has 21 heavy (non-hydrogen) atoms. The molecule has 1 aromatic rings. The van der Waals surface area contributed by atoms with E-state index in [1.807, 2.05) is 18.7 Å². The Kier molecular flexibility index (Phi) is 4.94. The van der Waals surface area contributed by atoms with Gasteiger partial charge in [0.25, 0.3) is 0 Å². The molecule has 1 aromatic heterocycles. The van der Waals surface area contributed by atoms with Crippen LogP contribution in [0.1, 0.15) is 20.1 Å². The second-order valence-electron chi connectivity index (χ2n) is 4.88. The lowest BCUT2D eigenvalue weighted by molar-refractivity contribution is -0.0549. The van der Waals surface area contributed by atoms with Crippen LogP contribution in [0.3, 0.4) is 0 Å². The van der Waals surface area contributed by atoms with Crippen molar-refractivity contribution in [2.24, 2.45) is 0 Å². The average molecular weight is 299 g/mol. The summed E-state index contributed by atoms with van der Waals surface area (Å²) in [4.78, 5) is 18.0. The molecule has 8 heteroatoms. The first-order chi connectivity index (χ1) is 10.0. The Morgan fingerprint density at radius 1 is 1.33 bits per heavy atom. The Labute approximate surface area is 122 Å². The predicted molar refractivity (Wildman–Crippen MR) is 75.1 cm³/mol. The molecule has 0 saturated carbocycles. The number of hydrogen-bond acceptors (Lipinski definition) is 7. The number of nitrogens with zero attached hydrogens (tertiary/aromatic N) is 3. The molecule has 0 aromatic carbocycles. The van der Waals surface area contributed by atoms with E-state index in [0.29, 0.717) is 5.82 Å². The molecule has 2 heterocycles. The van der Waals surface area contributed by atoms with Crippen LogP contribution in [0.5, 0.6) is 0 Å². The molecule has 1 saturated heterocycles. The molecule has 0 radical (unpaired) electrons. The first kappa shape index (κ1) is 15.9. The van der Waals surface area contributed by atoms with Gasteiger partial charge in [0.05, 0.1) is 6.61 Å². The summed E-state index contributed by atoms with van der Waals surface area (Å²) in [5, 5.41) is 28.7. The highest BCUT2D eigenvalue weighted by Gasteiger charge is 2.43. The molecule has 1 fully saturated rings. The zero-order valence-corrected chi connectivity index (χ0v) is 12.1. The third-order valence-electron chi connectivity index (χ3n) is 3.69. The third kappa shape index (κ3) is 2.93. The molecule has 0 unspecified atom stereocenters. The van der Waals surface area contributed by atoms with Crippen molar-refractivity contribution < 1.29 is 20.1 Å². The van der Waals surface area contributed by atoms with Crippen LogP contribution in [0.25, 0.3) is 0 Å². The van der Waals surface area contributed by atoms with Gasteiger partial charge in [-0.15, -0.1) is 0 Å². The minimum absolute atomic E-state index is 0.436. The van der Waals surface area contributed by atoms with Gasteiger partial charge in [-0.1, -0.05) is 0 Å². The van der Waals surface area contributed by atoms with Gasteiger partial charge in [-0.2, -0.15) is 4.98 Å². The van der Waals surface area contributed by atoms with E-state index >= 15 is 0 Å². The molecule has 118 valence electrons. The second kappa shape index (κ2) is 6.52. The number of rotatable bonds is 5. The summed E-state index contributed by atoms with van der Waals surface area (Å²) in [6.07, 6.45) is -3.03. The summed E-state index contributed by atoms with van der Waals surface area (Å²) < 4.78 is 6.44. The normalized spacial score (nSPS) is 28.8. The fraction of sp³-hybridized carbons (Fsp3) is 0.692. The Balaban J connectivity index is 2.28. The number of ether oxygens (including phenoxy) is 1. The van der Waals surface area contributed by atoms with E-state index in [2.05, 4.69) is 4.98 Å². The van der Waals surface area contributed by atoms with Crippen molar-refractivity contribution in [3.8, 4) is 0 Å². The molecule has 3 N–H and O–H groups in total. The van der Waals surface area contributed by atoms with Crippen molar-refractivity contribution in [2.75, 3.05) is 24.6 Å². The summed E-state index contributed by atoms with van der Waals surface area (Å²) in [7, 11) is 0. The molecule has 0 bridgehead atoms. The first-order valence-corrected chi connectivity index (χ1v) is 7.00. The Bertz CT molecular complexity index is 531. The van der Waals surface area contributed by atoms with Crippen molar-refractivity contribution >= 4 is 5.82 Å². The van der Waals surface area contributed by atoms with Crippen LogP contribution < -0.4 is 10.6 Å². The Morgan fingerprint density at radius 3 is 2.48 bits per heavy atom. The topological polar surface area (TPSA) is 108 Å². The van der Waals surface area contributed by atoms with Gasteiger partial charge in [-0.25, -0.2) is 4.79 Å². The molecule has 0 aliphatic carbocycles. The van der Waals surface area contributed by atoms with Crippen molar-refractivity contribution in [1.82, 2.24) is 9.55 Å². The average Bonchev–Trinajstić information content (AvgIpc) is 2.76. The number of hydrogen-bond donors (Lipinski definition) is 3. The van der Waals surface area contributed by atoms with Gasteiger partial charge < -0.3 is 25.0 Å². The van der Waals surface area contributed by atoms with E-state index in [1.165, 1.54) is 6.20 Å². The number of aromatic nitrogens is 2. The molecule has 1 aliphatic heterocycles. The van der Waals surface area contributed by atoms with Crippen LogP contribution in [-0.4, -0.2) is 62.9 Å². The van der Waals surface area contributed by atoms with Crippen molar-refractivity contribution in [2.45, 2.75) is 38.4 Å². The summed E-state index contributed by atoms with van der Waals surface area (Å²) in [5.41, 5.74) is -0.575. The van der Waals surface area contributed by atoms with Crippen molar-refractivity contribution in [3.63, 3.8) is 0 Å². The smallest absolute Gasteiger partial charge is 0.351 e. The first-order valence-electron chi connectivity index (χ1n) is 7.00. The minimum Gasteiger partial charge on any atom is -0.394 e. The molecular formula is C13H21N3O5. The van der Waals surface area contributed by atoms with Gasteiger partial charge in [-0.3, -0.25) is 4.57 Å². The fourth-order valence-electron chi connectivity index (χ4n) is 2.43. The van der Waals surface area contributed by atoms with Gasteiger partial charge in [0.2, 0.25) is 0 Å². The maximum atomic E-state index is 12.1. The molecule has 8 nitrogen and oxygen atoms in total. The van der Waals surface area contributed by atoms with Crippen LogP contribution in [0.2, 0.25) is 0 Å². The van der Waals surface area contributed by atoms with Crippen molar-refractivity contribution in [3.05, 3.63) is 22.7 Å². The lowest BCUT2D eigenvalue weighted by atomic mass is 10.1. The quantitative estimate of drug-likeness (QED) is 0.620. The van der Waals surface area contributed by atoms with E-state index in [1.54, 1.807) is 6.07 Å². The Morgan fingerprint density at radius 2 is 2.00 bits per heavy atom. The van der Waals surface area contributed by atoms with Gasteiger partial charge in [0, 0.05) is 19.3 Å². The molecule has 4 atom stereocenters. The zero-order valence-electron chi connectivity index (χ0n) is 12.1. The molecule has 0 spiro atoms. The summed E-state index contributed by atoms with van der Waals surface area (Å²) in [6, 6.07) is 1.66. The summed E-state index contributed by atoms with van der Waals surface area (Å²) >= 11 is 0. The molecular weight excluding hydrogens is 278 g/mol. The largest absolute Gasteiger partial charge is 0.394 e. The highest BCUT2D eigenvalue weighted by atomic mass is 16.6. The van der Waals surface area contributed by atoms with Crippen molar-refractivity contribution in [1.29, 1.82) is 0 Å². The monoisotopic (exact) mass is 299 g/mol. The van der Waals surface area contributed by atoms with Crippen LogP contribution in [0.4, 0.5) is 5.82 Å². The summed E-state index contributed by atoms with van der Waals surface area (Å²) in [6.45, 7) is 4.93. The highest BCUT2D eigenvalue weighted by molar-refractivity contribution is 5.36. The molecule has 2 rings (SSSR count). The van der Waals surface area contributed by atoms with E-state index in [4.69, 9.17) is 9.84 Å². The number of aliphatic hydroxyl groups excluding tert-OH is 3. The number of aliphatic hydroxyl groups is 3. The summed E-state index contributed by atoms with van der Waals surface area (Å²) in [5.74, 6) is 0.549. The zero-order chi connectivity index (χ0) is 15.6. The minimum atomic E-state index is -1.29. The van der Waals surface area contributed by atoms with E-state index in [0.717, 1.165) is 17.7 Å². The fourth-order valence-corrected chi connectivity index (χ4v) is 2.43. The standard InChI is InChI=1S/C13H21N3O5/c1-3-15(4-2)9-5-6-16(13(20)14-9)12-11(19)10(18)8(7-17)21-12/h5-6,8,10-12,17-19H,3-4,7H2,1-2H3/t8-,10-,11-,12-/m1/s1. The number of anilines is 1. The van der Waals surface area contributed by atoms with E-state index in [-0.39, 0.29) is 0 Å². The van der Waals surface area contributed by atoms with E-state index in [9.17, 15) is 15.0 Å². The lowest BCUT2D eigenvalue weighted by Crippen LogP contribution is -2.36. The van der Waals surface area contributed by atoms with Crippen LogP contribution in [-0.2, 0) is 4.74 Å². The Hall–Kier alpha value is -1.48. The maximum Gasteiger partial charge on any atom is 0.351 e. The third-order valence-corrected chi connectivity index (χ3v) is 3.69. The van der Waals surface area contributed by atoms with E-state index < -0.39 is 36.8 Å². The van der Waals surface area contributed by atoms with Gasteiger partial charge in [0.1, 0.15) is 24.1 Å². The second-order valence-corrected chi connectivity index (χ2v) is 4.88. The van der Waals surface area contributed by atoms with Crippen LogP contribution in [0, 0.1) is 0 Å². The predicted octanol–water partition coefficient (Wildman–Crippen LogP) is -1.30. The highest BCUT2D eigenvalue weighted by Crippen LogP contribution is 2.28. The van der Waals surface area contributed by atoms with Gasteiger partial charge in [0.15, 0.2) is 6.23 Å². The van der Waals surface area contributed by atoms with Gasteiger partial charge in [-0.05, 0) is 19.9 Å². The van der Waals surface area contributed by atoms with Crippen LogP contribution >= 0.6 is 0 Å². The molecule has 1 aliphatic rings. The lowest BCUT2D eigenvalue weighted by Gasteiger charge is -2.21. The molecule has 0 amide bonds. The van der Waals surface area contributed by atoms with Crippen LogP contribution in [0.15, 0.2) is 17.1 Å².